The summed E-state index contributed by atoms with van der Waals surface area (Å²) in [6.45, 7) is 4.50. The van der Waals surface area contributed by atoms with Gasteiger partial charge in [0.2, 0.25) is 0 Å². The molecule has 1 heterocycles. The number of carbonyl (C=O) groups is 2. The van der Waals surface area contributed by atoms with Gasteiger partial charge in [-0.1, -0.05) is 6.07 Å². The van der Waals surface area contributed by atoms with Gasteiger partial charge in [-0.3, -0.25) is 4.79 Å². The predicted molar refractivity (Wildman–Crippen MR) is 114 cm³/mol. The Morgan fingerprint density at radius 3 is 2.37 bits per heavy atom. The summed E-state index contributed by atoms with van der Waals surface area (Å²) in [7, 11) is 4.50. The van der Waals surface area contributed by atoms with E-state index < -0.39 is 6.04 Å². The number of urea groups is 1. The summed E-state index contributed by atoms with van der Waals surface area (Å²) in [5.74, 6) is 0.801. The lowest BCUT2D eigenvalue weighted by Gasteiger charge is -2.37. The average Bonchev–Trinajstić information content (AvgIpc) is 2.75. The standard InChI is InChI=1S/C23H28N2O5/c1-14-6-7-17(10-15(14)2)24-23(27)25-9-8-16-11-20(28-3)21(29-4)12-18(16)19(25)13-22(26)30-5/h6-7,10-12,19H,8-9,13H2,1-5H3,(H,24,27)/t19-/m0/s1. The number of methoxy groups -OCH3 is 3. The molecule has 30 heavy (non-hydrogen) atoms. The van der Waals surface area contributed by atoms with Crippen LogP contribution < -0.4 is 14.8 Å². The zero-order chi connectivity index (χ0) is 21.8. The Bertz CT molecular complexity index is 957. The fourth-order valence-corrected chi connectivity index (χ4v) is 3.75. The van der Waals surface area contributed by atoms with Crippen LogP contribution in [0.1, 0.15) is 34.7 Å². The summed E-state index contributed by atoms with van der Waals surface area (Å²) in [5, 5.41) is 2.96. The molecule has 2 amide bonds. The number of amides is 2. The first-order valence-corrected chi connectivity index (χ1v) is 9.84. The minimum atomic E-state index is -0.465. The van der Waals surface area contributed by atoms with E-state index in [-0.39, 0.29) is 18.4 Å². The first-order valence-electron chi connectivity index (χ1n) is 9.84. The highest BCUT2D eigenvalue weighted by molar-refractivity contribution is 5.90. The highest BCUT2D eigenvalue weighted by Gasteiger charge is 2.34. The normalized spacial score (nSPS) is 15.2. The lowest BCUT2D eigenvalue weighted by molar-refractivity contribution is -0.141. The van der Waals surface area contributed by atoms with Gasteiger partial charge in [-0.25, -0.2) is 4.79 Å². The van der Waals surface area contributed by atoms with Crippen molar-refractivity contribution in [3.05, 3.63) is 52.6 Å². The molecule has 0 radical (unpaired) electrons. The van der Waals surface area contributed by atoms with Crippen molar-refractivity contribution < 1.29 is 23.8 Å². The number of anilines is 1. The minimum absolute atomic E-state index is 0.0549. The summed E-state index contributed by atoms with van der Waals surface area (Å²) >= 11 is 0. The number of hydrogen-bond acceptors (Lipinski definition) is 5. The van der Waals surface area contributed by atoms with Crippen molar-refractivity contribution in [1.82, 2.24) is 4.90 Å². The quantitative estimate of drug-likeness (QED) is 0.751. The maximum atomic E-state index is 13.1. The Hall–Kier alpha value is -3.22. The second-order valence-electron chi connectivity index (χ2n) is 7.37. The summed E-state index contributed by atoms with van der Waals surface area (Å²) in [4.78, 5) is 27.0. The topological polar surface area (TPSA) is 77.1 Å². The highest BCUT2D eigenvalue weighted by atomic mass is 16.5. The van der Waals surface area contributed by atoms with Crippen LogP contribution in [-0.2, 0) is 16.0 Å². The molecule has 160 valence electrons. The summed E-state index contributed by atoms with van der Waals surface area (Å²) in [6, 6.07) is 8.82. The van der Waals surface area contributed by atoms with E-state index in [0.29, 0.717) is 24.5 Å². The number of carbonyl (C=O) groups excluding carboxylic acids is 2. The molecular weight excluding hydrogens is 384 g/mol. The molecular formula is C23H28N2O5. The predicted octanol–water partition coefficient (Wildman–Crippen LogP) is 4.02. The molecule has 0 spiro atoms. The van der Waals surface area contributed by atoms with E-state index in [9.17, 15) is 9.59 Å². The maximum absolute atomic E-state index is 13.1. The van der Waals surface area contributed by atoms with Crippen LogP contribution in [0.25, 0.3) is 0 Å². The lowest BCUT2D eigenvalue weighted by atomic mass is 9.90. The number of ether oxygens (including phenoxy) is 3. The number of fused-ring (bicyclic) bond motifs is 1. The van der Waals surface area contributed by atoms with Crippen LogP contribution in [-0.4, -0.2) is 44.8 Å². The molecule has 7 heteroatoms. The average molecular weight is 412 g/mol. The third kappa shape index (κ3) is 4.35. The number of rotatable bonds is 5. The lowest BCUT2D eigenvalue weighted by Crippen LogP contribution is -2.43. The van der Waals surface area contributed by atoms with Crippen molar-refractivity contribution in [1.29, 1.82) is 0 Å². The molecule has 7 nitrogen and oxygen atoms in total. The van der Waals surface area contributed by atoms with Gasteiger partial charge in [0.25, 0.3) is 0 Å². The summed E-state index contributed by atoms with van der Waals surface area (Å²) in [6.07, 6.45) is 0.701. The van der Waals surface area contributed by atoms with E-state index in [4.69, 9.17) is 14.2 Å². The Balaban J connectivity index is 1.94. The van der Waals surface area contributed by atoms with E-state index in [0.717, 1.165) is 27.9 Å². The van der Waals surface area contributed by atoms with Crippen molar-refractivity contribution in [3.8, 4) is 11.5 Å². The van der Waals surface area contributed by atoms with Crippen LogP contribution >= 0.6 is 0 Å². The molecule has 0 aliphatic carbocycles. The number of nitrogens with zero attached hydrogens (tertiary/aromatic N) is 1. The van der Waals surface area contributed by atoms with Gasteiger partial charge in [-0.2, -0.15) is 0 Å². The molecule has 1 aliphatic rings. The van der Waals surface area contributed by atoms with Gasteiger partial charge in [0.1, 0.15) is 0 Å². The fraction of sp³-hybridized carbons (Fsp3) is 0.391. The van der Waals surface area contributed by atoms with Crippen molar-refractivity contribution in [2.45, 2.75) is 32.7 Å². The third-order valence-corrected chi connectivity index (χ3v) is 5.61. The van der Waals surface area contributed by atoms with E-state index in [1.807, 2.05) is 44.2 Å². The molecule has 0 fully saturated rings. The molecule has 0 saturated carbocycles. The molecule has 0 aromatic heterocycles. The van der Waals surface area contributed by atoms with E-state index in [1.165, 1.54) is 7.11 Å². The number of hydrogen-bond donors (Lipinski definition) is 1. The molecule has 0 saturated heterocycles. The Morgan fingerprint density at radius 2 is 1.73 bits per heavy atom. The monoisotopic (exact) mass is 412 g/mol. The Labute approximate surface area is 176 Å². The van der Waals surface area contributed by atoms with Crippen LogP contribution in [0, 0.1) is 13.8 Å². The molecule has 3 rings (SSSR count). The minimum Gasteiger partial charge on any atom is -0.493 e. The molecule has 2 aromatic carbocycles. The van der Waals surface area contributed by atoms with Crippen molar-refractivity contribution in [3.63, 3.8) is 0 Å². The van der Waals surface area contributed by atoms with Crippen LogP contribution in [0.15, 0.2) is 30.3 Å². The molecule has 1 atom stereocenters. The van der Waals surface area contributed by atoms with Crippen molar-refractivity contribution >= 4 is 17.7 Å². The molecule has 0 unspecified atom stereocenters. The van der Waals surface area contributed by atoms with Crippen LogP contribution in [0.3, 0.4) is 0 Å². The zero-order valence-corrected chi connectivity index (χ0v) is 18.1. The van der Waals surface area contributed by atoms with Crippen molar-refractivity contribution in [2.75, 3.05) is 33.2 Å². The Kier molecular flexibility index (Phi) is 6.50. The smallest absolute Gasteiger partial charge is 0.322 e. The van der Waals surface area contributed by atoms with E-state index in [2.05, 4.69) is 5.32 Å². The molecule has 1 N–H and O–H groups in total. The van der Waals surface area contributed by atoms with Gasteiger partial charge in [-0.15, -0.1) is 0 Å². The van der Waals surface area contributed by atoms with E-state index >= 15 is 0 Å². The number of aryl methyl sites for hydroxylation is 2. The second kappa shape index (κ2) is 9.07. The Morgan fingerprint density at radius 1 is 1.03 bits per heavy atom. The van der Waals surface area contributed by atoms with Crippen molar-refractivity contribution in [2.24, 2.45) is 0 Å². The first-order chi connectivity index (χ1) is 14.4. The maximum Gasteiger partial charge on any atom is 0.322 e. The molecule has 2 aromatic rings. The SMILES string of the molecule is COC(=O)C[C@H]1c2cc(OC)c(OC)cc2CCN1C(=O)Nc1ccc(C)c(C)c1. The largest absolute Gasteiger partial charge is 0.493 e. The first kappa shape index (κ1) is 21.5. The van der Waals surface area contributed by atoms with Crippen LogP contribution in [0.4, 0.5) is 10.5 Å². The summed E-state index contributed by atoms with van der Waals surface area (Å²) in [5.41, 5.74) is 4.86. The number of benzene rings is 2. The molecule has 1 aliphatic heterocycles. The summed E-state index contributed by atoms with van der Waals surface area (Å²) < 4.78 is 15.7. The third-order valence-electron chi connectivity index (χ3n) is 5.61. The van der Waals surface area contributed by atoms with E-state index in [1.54, 1.807) is 19.1 Å². The molecule has 0 bridgehead atoms. The fourth-order valence-electron chi connectivity index (χ4n) is 3.75. The number of nitrogens with one attached hydrogen (secondary N) is 1. The highest BCUT2D eigenvalue weighted by Crippen LogP contribution is 2.39. The van der Waals surface area contributed by atoms with Crippen LogP contribution in [0.5, 0.6) is 11.5 Å². The number of esters is 1. The van der Waals surface area contributed by atoms with Gasteiger partial charge in [-0.05, 0) is 66.8 Å². The van der Waals surface area contributed by atoms with Crippen LogP contribution in [0.2, 0.25) is 0 Å². The second-order valence-corrected chi connectivity index (χ2v) is 7.37. The van der Waals surface area contributed by atoms with Gasteiger partial charge in [0.05, 0.1) is 33.8 Å². The van der Waals surface area contributed by atoms with Gasteiger partial charge < -0.3 is 24.4 Å². The van der Waals surface area contributed by atoms with Gasteiger partial charge in [0, 0.05) is 12.2 Å². The zero-order valence-electron chi connectivity index (χ0n) is 18.1. The van der Waals surface area contributed by atoms with Gasteiger partial charge in [0.15, 0.2) is 11.5 Å². The van der Waals surface area contributed by atoms with Gasteiger partial charge >= 0.3 is 12.0 Å².